The van der Waals surface area contributed by atoms with Crippen LogP contribution in [0.3, 0.4) is 0 Å². The lowest BCUT2D eigenvalue weighted by atomic mass is 10.1. The topological polar surface area (TPSA) is 52.7 Å². The molecule has 30 heavy (non-hydrogen) atoms. The average Bonchev–Trinajstić information content (AvgIpc) is 3.30. The third-order valence-electron chi connectivity index (χ3n) is 5.49. The highest BCUT2D eigenvalue weighted by molar-refractivity contribution is 7.14. The fraction of sp³-hybridized carbons (Fsp3) is 0.429. The number of piperazine rings is 1. The van der Waals surface area contributed by atoms with E-state index in [9.17, 15) is 22.8 Å². The number of halogens is 3. The Kier molecular flexibility index (Phi) is 5.84. The maximum Gasteiger partial charge on any atom is 0.418 e. The van der Waals surface area contributed by atoms with Crippen LogP contribution < -0.4 is 5.32 Å². The minimum Gasteiger partial charge on any atom is -0.335 e. The van der Waals surface area contributed by atoms with Crippen molar-refractivity contribution in [1.82, 2.24) is 9.80 Å². The van der Waals surface area contributed by atoms with Crippen molar-refractivity contribution in [3.8, 4) is 0 Å². The van der Waals surface area contributed by atoms with E-state index in [1.807, 2.05) is 11.0 Å². The van der Waals surface area contributed by atoms with Gasteiger partial charge in [-0.1, -0.05) is 12.1 Å². The van der Waals surface area contributed by atoms with Crippen LogP contribution in [0.2, 0.25) is 0 Å². The second-order valence-corrected chi connectivity index (χ2v) is 8.71. The summed E-state index contributed by atoms with van der Waals surface area (Å²) in [4.78, 5) is 30.7. The number of thiophene rings is 1. The number of carbonyl (C=O) groups excluding carboxylic acids is 2. The van der Waals surface area contributed by atoms with Gasteiger partial charge >= 0.3 is 6.18 Å². The molecule has 2 heterocycles. The van der Waals surface area contributed by atoms with Gasteiger partial charge in [0.15, 0.2) is 0 Å². The molecule has 0 atom stereocenters. The van der Waals surface area contributed by atoms with E-state index >= 15 is 0 Å². The quantitative estimate of drug-likeness (QED) is 0.795. The van der Waals surface area contributed by atoms with Crippen LogP contribution in [0.1, 0.15) is 32.1 Å². The first-order valence-electron chi connectivity index (χ1n) is 9.90. The first-order valence-corrected chi connectivity index (χ1v) is 10.7. The number of rotatable bonds is 4. The van der Waals surface area contributed by atoms with Gasteiger partial charge in [-0.25, -0.2) is 0 Å². The van der Waals surface area contributed by atoms with Crippen molar-refractivity contribution < 1.29 is 22.8 Å². The minimum atomic E-state index is -4.53. The lowest BCUT2D eigenvalue weighted by Gasteiger charge is -2.34. The Labute approximate surface area is 176 Å². The number of hydrogen-bond acceptors (Lipinski definition) is 4. The lowest BCUT2D eigenvalue weighted by Crippen LogP contribution is -2.50. The summed E-state index contributed by atoms with van der Waals surface area (Å²) in [6, 6.07) is 6.94. The molecule has 0 unspecified atom stereocenters. The summed E-state index contributed by atoms with van der Waals surface area (Å²) in [6.45, 7) is 1.99. The Morgan fingerprint density at radius 3 is 2.50 bits per heavy atom. The molecule has 9 heteroatoms. The Hall–Kier alpha value is -2.39. The molecule has 1 aromatic heterocycles. The standard InChI is InChI=1S/C21H22F3N3O2S/c22-21(23,24)15-5-1-2-6-16(15)25-19(28)13-26-8-10-27(11-9-26)20(29)18-12-14-4-3-7-17(14)30-18/h1-2,5-6,12H,3-4,7-11,13H2,(H,25,28). The predicted molar refractivity (Wildman–Crippen MR) is 109 cm³/mol. The predicted octanol–water partition coefficient (Wildman–Crippen LogP) is 3.65. The number of hydrogen-bond donors (Lipinski definition) is 1. The van der Waals surface area contributed by atoms with E-state index in [4.69, 9.17) is 0 Å². The molecule has 1 aromatic carbocycles. The number of amides is 2. The molecule has 1 fully saturated rings. The molecule has 2 aromatic rings. The number of alkyl halides is 3. The van der Waals surface area contributed by atoms with Gasteiger partial charge in [0.2, 0.25) is 5.91 Å². The van der Waals surface area contributed by atoms with E-state index in [2.05, 4.69) is 5.32 Å². The van der Waals surface area contributed by atoms with Gasteiger partial charge in [0.05, 0.1) is 22.7 Å². The Bertz CT molecular complexity index is 928. The van der Waals surface area contributed by atoms with Crippen LogP contribution in [0.15, 0.2) is 30.3 Å². The summed E-state index contributed by atoms with van der Waals surface area (Å²) in [5.74, 6) is -0.473. The van der Waals surface area contributed by atoms with Gasteiger partial charge in [-0.15, -0.1) is 11.3 Å². The molecule has 2 amide bonds. The van der Waals surface area contributed by atoms with Crippen molar-refractivity contribution in [2.75, 3.05) is 38.0 Å². The van der Waals surface area contributed by atoms with Crippen molar-refractivity contribution in [3.63, 3.8) is 0 Å². The number of fused-ring (bicyclic) bond motifs is 1. The summed E-state index contributed by atoms with van der Waals surface area (Å²) in [6.07, 6.45) is -1.28. The van der Waals surface area contributed by atoms with Crippen LogP contribution in [0.5, 0.6) is 0 Å². The van der Waals surface area contributed by atoms with Gasteiger partial charge in [0.25, 0.3) is 5.91 Å². The summed E-state index contributed by atoms with van der Waals surface area (Å²) in [7, 11) is 0. The molecule has 1 saturated heterocycles. The number of carbonyl (C=O) groups is 2. The van der Waals surface area contributed by atoms with Crippen molar-refractivity contribution in [2.45, 2.75) is 25.4 Å². The molecule has 0 radical (unpaired) electrons. The zero-order valence-electron chi connectivity index (χ0n) is 16.3. The van der Waals surface area contributed by atoms with Crippen LogP contribution in [-0.2, 0) is 23.8 Å². The molecule has 0 saturated carbocycles. The SMILES string of the molecule is O=C(CN1CCN(C(=O)c2cc3c(s2)CCC3)CC1)Nc1ccccc1C(F)(F)F. The summed E-state index contributed by atoms with van der Waals surface area (Å²) in [5.41, 5.74) is 0.184. The van der Waals surface area contributed by atoms with E-state index in [1.165, 1.54) is 28.6 Å². The largest absolute Gasteiger partial charge is 0.418 e. The smallest absolute Gasteiger partial charge is 0.335 e. The molecular formula is C21H22F3N3O2S. The molecule has 1 N–H and O–H groups in total. The fourth-order valence-corrected chi connectivity index (χ4v) is 5.15. The highest BCUT2D eigenvalue weighted by Crippen LogP contribution is 2.34. The Morgan fingerprint density at radius 1 is 1.07 bits per heavy atom. The molecule has 0 bridgehead atoms. The highest BCUT2D eigenvalue weighted by Gasteiger charge is 2.34. The van der Waals surface area contributed by atoms with E-state index in [1.54, 1.807) is 16.2 Å². The van der Waals surface area contributed by atoms with Crippen LogP contribution in [0.4, 0.5) is 18.9 Å². The normalized spacial score (nSPS) is 17.1. The lowest BCUT2D eigenvalue weighted by molar-refractivity contribution is -0.137. The fourth-order valence-electron chi connectivity index (χ4n) is 3.93. The first kappa shape index (κ1) is 20.9. The molecule has 5 nitrogen and oxygen atoms in total. The van der Waals surface area contributed by atoms with E-state index in [0.717, 1.165) is 30.2 Å². The van der Waals surface area contributed by atoms with E-state index in [0.29, 0.717) is 26.2 Å². The van der Waals surface area contributed by atoms with E-state index < -0.39 is 17.6 Å². The molecule has 0 spiro atoms. The Balaban J connectivity index is 1.29. The van der Waals surface area contributed by atoms with Crippen LogP contribution >= 0.6 is 11.3 Å². The maximum absolute atomic E-state index is 13.1. The molecule has 160 valence electrons. The van der Waals surface area contributed by atoms with Crippen molar-refractivity contribution in [3.05, 3.63) is 51.2 Å². The van der Waals surface area contributed by atoms with Crippen molar-refractivity contribution in [2.24, 2.45) is 0 Å². The number of benzene rings is 1. The number of anilines is 1. The zero-order valence-corrected chi connectivity index (χ0v) is 17.1. The molecule has 1 aliphatic heterocycles. The molecule has 2 aliphatic rings. The van der Waals surface area contributed by atoms with Crippen LogP contribution in [0.25, 0.3) is 0 Å². The first-order chi connectivity index (χ1) is 14.3. The second-order valence-electron chi connectivity index (χ2n) is 7.57. The number of nitrogens with one attached hydrogen (secondary N) is 1. The Morgan fingerprint density at radius 2 is 1.80 bits per heavy atom. The zero-order chi connectivity index (χ0) is 21.3. The molecular weight excluding hydrogens is 415 g/mol. The van der Waals surface area contributed by atoms with Gasteiger partial charge in [-0.05, 0) is 43.0 Å². The monoisotopic (exact) mass is 437 g/mol. The van der Waals surface area contributed by atoms with Crippen molar-refractivity contribution in [1.29, 1.82) is 0 Å². The third kappa shape index (κ3) is 4.52. The number of para-hydroxylation sites is 1. The van der Waals surface area contributed by atoms with Crippen LogP contribution in [-0.4, -0.2) is 54.3 Å². The second kappa shape index (κ2) is 8.39. The molecule has 4 rings (SSSR count). The summed E-state index contributed by atoms with van der Waals surface area (Å²) in [5, 5.41) is 2.37. The molecule has 1 aliphatic carbocycles. The van der Waals surface area contributed by atoms with Gasteiger partial charge in [0.1, 0.15) is 0 Å². The van der Waals surface area contributed by atoms with Gasteiger partial charge in [0, 0.05) is 31.1 Å². The van der Waals surface area contributed by atoms with Gasteiger partial charge < -0.3 is 10.2 Å². The van der Waals surface area contributed by atoms with Gasteiger partial charge in [-0.3, -0.25) is 14.5 Å². The highest BCUT2D eigenvalue weighted by atomic mass is 32.1. The average molecular weight is 437 g/mol. The third-order valence-corrected chi connectivity index (χ3v) is 6.72. The minimum absolute atomic E-state index is 0.0124. The number of nitrogens with zero attached hydrogens (tertiary/aromatic N) is 2. The number of aryl methyl sites for hydroxylation is 2. The summed E-state index contributed by atoms with van der Waals surface area (Å²) >= 11 is 1.58. The van der Waals surface area contributed by atoms with Crippen LogP contribution in [0, 0.1) is 0 Å². The van der Waals surface area contributed by atoms with E-state index in [-0.39, 0.29) is 18.1 Å². The maximum atomic E-state index is 13.1. The van der Waals surface area contributed by atoms with Gasteiger partial charge in [-0.2, -0.15) is 13.2 Å². The van der Waals surface area contributed by atoms with Crippen molar-refractivity contribution >= 4 is 28.8 Å². The summed E-state index contributed by atoms with van der Waals surface area (Å²) < 4.78 is 39.2.